The molecule has 2 aromatic heterocycles. The summed E-state index contributed by atoms with van der Waals surface area (Å²) < 4.78 is 2.22. The van der Waals surface area contributed by atoms with Crippen molar-refractivity contribution >= 4 is 5.71 Å². The Hall–Kier alpha value is -2.75. The lowest BCUT2D eigenvalue weighted by Gasteiger charge is -2.15. The Morgan fingerprint density at radius 2 is 1.87 bits per heavy atom. The van der Waals surface area contributed by atoms with Crippen molar-refractivity contribution in [1.82, 2.24) is 14.5 Å². The van der Waals surface area contributed by atoms with Crippen LogP contribution in [-0.2, 0) is 6.54 Å². The first-order chi connectivity index (χ1) is 11.1. The van der Waals surface area contributed by atoms with Gasteiger partial charge in [-0.05, 0) is 56.2 Å². The molecular weight excluding hydrogens is 284 g/mol. The minimum Gasteiger partial charge on any atom is -0.299 e. The number of aryl methyl sites for hydroxylation is 3. The highest BCUT2D eigenvalue weighted by atomic mass is 15.1. The minimum absolute atomic E-state index is 0.574. The van der Waals surface area contributed by atoms with Gasteiger partial charge in [-0.1, -0.05) is 0 Å². The third kappa shape index (κ3) is 2.18. The molecule has 0 amide bonds. The maximum absolute atomic E-state index is 4.85. The predicted octanol–water partition coefficient (Wildman–Crippen LogP) is 3.54. The van der Waals surface area contributed by atoms with Crippen molar-refractivity contribution in [3.8, 4) is 5.69 Å². The van der Waals surface area contributed by atoms with Gasteiger partial charge in [-0.25, -0.2) is 4.98 Å². The molecule has 0 saturated carbocycles. The van der Waals surface area contributed by atoms with Gasteiger partial charge in [-0.15, -0.1) is 0 Å². The van der Waals surface area contributed by atoms with E-state index in [0.29, 0.717) is 6.54 Å². The number of nitrogens with zero attached hydrogens (tertiary/aromatic N) is 4. The van der Waals surface area contributed by atoms with Gasteiger partial charge in [0.15, 0.2) is 0 Å². The zero-order valence-corrected chi connectivity index (χ0v) is 13.5. The summed E-state index contributed by atoms with van der Waals surface area (Å²) in [5, 5.41) is 0. The Labute approximate surface area is 135 Å². The molecule has 0 aliphatic carbocycles. The van der Waals surface area contributed by atoms with Crippen LogP contribution in [0, 0.1) is 20.8 Å². The van der Waals surface area contributed by atoms with Crippen LogP contribution < -0.4 is 0 Å². The smallest absolute Gasteiger partial charge is 0.135 e. The van der Waals surface area contributed by atoms with Crippen LogP contribution in [0.5, 0.6) is 0 Å². The Morgan fingerprint density at radius 3 is 2.65 bits per heavy atom. The molecule has 1 aliphatic heterocycles. The predicted molar refractivity (Wildman–Crippen MR) is 91.4 cm³/mol. The number of imidazole rings is 1. The quantitative estimate of drug-likeness (QED) is 0.690. The number of fused-ring (bicyclic) bond motifs is 3. The molecule has 0 fully saturated rings. The Balaban J connectivity index is 2.04. The van der Waals surface area contributed by atoms with E-state index in [4.69, 9.17) is 4.99 Å². The van der Waals surface area contributed by atoms with E-state index in [9.17, 15) is 0 Å². The van der Waals surface area contributed by atoms with Crippen LogP contribution in [0.3, 0.4) is 0 Å². The Morgan fingerprint density at radius 1 is 1.04 bits per heavy atom. The van der Waals surface area contributed by atoms with Crippen LogP contribution in [0.25, 0.3) is 5.69 Å². The van der Waals surface area contributed by atoms with Gasteiger partial charge in [0.25, 0.3) is 0 Å². The molecular formula is C19H18N4. The minimum atomic E-state index is 0.574. The summed E-state index contributed by atoms with van der Waals surface area (Å²) in [6.07, 6.45) is 5.58. The lowest BCUT2D eigenvalue weighted by Crippen LogP contribution is -2.09. The second-order valence-corrected chi connectivity index (χ2v) is 6.01. The van der Waals surface area contributed by atoms with Gasteiger partial charge in [0.05, 0.1) is 17.9 Å². The number of benzene rings is 1. The van der Waals surface area contributed by atoms with Crippen molar-refractivity contribution in [2.45, 2.75) is 27.3 Å². The molecule has 0 atom stereocenters. The summed E-state index contributed by atoms with van der Waals surface area (Å²) in [7, 11) is 0. The summed E-state index contributed by atoms with van der Waals surface area (Å²) in [6, 6.07) is 8.48. The number of hydrogen-bond acceptors (Lipinski definition) is 3. The highest BCUT2D eigenvalue weighted by Crippen LogP contribution is 2.28. The van der Waals surface area contributed by atoms with Gasteiger partial charge in [0.1, 0.15) is 5.82 Å². The van der Waals surface area contributed by atoms with Gasteiger partial charge in [0, 0.05) is 35.4 Å². The molecule has 0 saturated heterocycles. The first-order valence-corrected chi connectivity index (χ1v) is 7.75. The molecule has 1 aromatic carbocycles. The SMILES string of the molecule is Cc1cc2c(cc1C)-n1c(C)cnc1CN=C2c1cccnc1. The summed E-state index contributed by atoms with van der Waals surface area (Å²) in [5.41, 5.74) is 7.99. The molecule has 1 aliphatic rings. The summed E-state index contributed by atoms with van der Waals surface area (Å²) in [5.74, 6) is 0.978. The molecule has 4 nitrogen and oxygen atoms in total. The third-order valence-electron chi connectivity index (χ3n) is 4.43. The third-order valence-corrected chi connectivity index (χ3v) is 4.43. The molecule has 3 aromatic rings. The largest absolute Gasteiger partial charge is 0.299 e. The second kappa shape index (κ2) is 5.16. The first kappa shape index (κ1) is 13.9. The van der Waals surface area contributed by atoms with Crippen molar-refractivity contribution < 1.29 is 0 Å². The zero-order valence-electron chi connectivity index (χ0n) is 13.5. The van der Waals surface area contributed by atoms with E-state index < -0.39 is 0 Å². The summed E-state index contributed by atoms with van der Waals surface area (Å²) >= 11 is 0. The van der Waals surface area contributed by atoms with Crippen LogP contribution in [0.1, 0.15) is 33.8 Å². The fraction of sp³-hybridized carbons (Fsp3) is 0.211. The standard InChI is InChI=1S/C19H18N4/c1-12-7-16-17(8-13(12)2)23-14(3)9-21-18(23)11-22-19(16)15-5-4-6-20-10-15/h4-10H,11H2,1-3H3. The van der Waals surface area contributed by atoms with Crippen molar-refractivity contribution in [2.75, 3.05) is 0 Å². The molecule has 4 rings (SSSR count). The van der Waals surface area contributed by atoms with Crippen LogP contribution in [0.4, 0.5) is 0 Å². The normalized spacial score (nSPS) is 13.1. The molecule has 3 heterocycles. The van der Waals surface area contributed by atoms with E-state index in [1.807, 2.05) is 18.5 Å². The van der Waals surface area contributed by atoms with Crippen LogP contribution in [0.15, 0.2) is 47.8 Å². The van der Waals surface area contributed by atoms with Gasteiger partial charge >= 0.3 is 0 Å². The number of rotatable bonds is 1. The lowest BCUT2D eigenvalue weighted by atomic mass is 9.97. The average molecular weight is 302 g/mol. The number of pyridine rings is 1. The first-order valence-electron chi connectivity index (χ1n) is 7.75. The maximum atomic E-state index is 4.85. The molecule has 0 unspecified atom stereocenters. The Bertz CT molecular complexity index is 920. The van der Waals surface area contributed by atoms with Crippen molar-refractivity contribution in [1.29, 1.82) is 0 Å². The van der Waals surface area contributed by atoms with E-state index in [1.54, 1.807) is 6.20 Å². The monoisotopic (exact) mass is 302 g/mol. The summed E-state index contributed by atoms with van der Waals surface area (Å²) in [6.45, 7) is 6.95. The molecule has 0 radical (unpaired) electrons. The fourth-order valence-electron chi connectivity index (χ4n) is 3.09. The van der Waals surface area contributed by atoms with E-state index in [2.05, 4.69) is 53.5 Å². The average Bonchev–Trinajstić information content (AvgIpc) is 2.84. The molecule has 4 heteroatoms. The number of aliphatic imine (C=N–C) groups is 1. The molecule has 114 valence electrons. The van der Waals surface area contributed by atoms with Crippen LogP contribution >= 0.6 is 0 Å². The molecule has 23 heavy (non-hydrogen) atoms. The Kier molecular flexibility index (Phi) is 3.11. The van der Waals surface area contributed by atoms with E-state index >= 15 is 0 Å². The summed E-state index contributed by atoms with van der Waals surface area (Å²) in [4.78, 5) is 13.6. The molecule has 0 bridgehead atoms. The topological polar surface area (TPSA) is 43.1 Å². The number of hydrogen-bond donors (Lipinski definition) is 0. The van der Waals surface area contributed by atoms with Crippen molar-refractivity contribution in [3.63, 3.8) is 0 Å². The van der Waals surface area contributed by atoms with Crippen molar-refractivity contribution in [3.05, 3.63) is 76.6 Å². The highest BCUT2D eigenvalue weighted by Gasteiger charge is 2.21. The highest BCUT2D eigenvalue weighted by molar-refractivity contribution is 6.15. The fourth-order valence-corrected chi connectivity index (χ4v) is 3.09. The van der Waals surface area contributed by atoms with Crippen molar-refractivity contribution in [2.24, 2.45) is 4.99 Å². The molecule has 0 spiro atoms. The maximum Gasteiger partial charge on any atom is 0.135 e. The van der Waals surface area contributed by atoms with Gasteiger partial charge in [0.2, 0.25) is 0 Å². The van der Waals surface area contributed by atoms with E-state index in [0.717, 1.165) is 34.0 Å². The van der Waals surface area contributed by atoms with E-state index in [-0.39, 0.29) is 0 Å². The van der Waals surface area contributed by atoms with Gasteiger partial charge in [-0.3, -0.25) is 14.5 Å². The van der Waals surface area contributed by atoms with Gasteiger partial charge in [-0.2, -0.15) is 0 Å². The van der Waals surface area contributed by atoms with Gasteiger partial charge < -0.3 is 0 Å². The van der Waals surface area contributed by atoms with Crippen LogP contribution in [-0.4, -0.2) is 20.2 Å². The number of aromatic nitrogens is 3. The zero-order chi connectivity index (χ0) is 16.0. The molecule has 0 N–H and O–H groups in total. The van der Waals surface area contributed by atoms with E-state index in [1.165, 1.54) is 11.1 Å². The lowest BCUT2D eigenvalue weighted by molar-refractivity contribution is 0.862. The van der Waals surface area contributed by atoms with Crippen LogP contribution in [0.2, 0.25) is 0 Å². The second-order valence-electron chi connectivity index (χ2n) is 6.01.